The summed E-state index contributed by atoms with van der Waals surface area (Å²) in [4.78, 5) is 5.24. The van der Waals surface area contributed by atoms with Crippen molar-refractivity contribution in [2.45, 2.75) is 50.5 Å². The molecule has 1 unspecified atom stereocenters. The van der Waals surface area contributed by atoms with E-state index in [2.05, 4.69) is 54.2 Å². The van der Waals surface area contributed by atoms with Gasteiger partial charge in [-0.15, -0.1) is 0 Å². The molecule has 2 aliphatic heterocycles. The Labute approximate surface area is 159 Å². The molecule has 1 spiro atoms. The second kappa shape index (κ2) is 7.61. The lowest BCUT2D eigenvalue weighted by atomic mass is 9.64. The standard InChI is InChI=1S/C23H36N2O/c1-24(2)23(21-6-4-3-5-7-21)12-10-22(11-13-23)14-16-25(19-22)15-8-20-9-17-26-18-20/h3-7,20H,8-19H2,1-2H3. The molecule has 0 amide bonds. The molecule has 2 saturated heterocycles. The van der Waals surface area contributed by atoms with Gasteiger partial charge in [0, 0.05) is 25.3 Å². The SMILES string of the molecule is CN(C)C1(c2ccccc2)CCC2(CCN(CCC3CCOC3)C2)CC1. The third-order valence-corrected chi connectivity index (χ3v) is 7.70. The van der Waals surface area contributed by atoms with E-state index in [0.717, 1.165) is 19.1 Å². The quantitative estimate of drug-likeness (QED) is 0.789. The van der Waals surface area contributed by atoms with Gasteiger partial charge in [-0.05, 0) is 89.0 Å². The zero-order chi connectivity index (χ0) is 18.0. The van der Waals surface area contributed by atoms with Gasteiger partial charge in [0.05, 0.1) is 0 Å². The number of hydrogen-bond donors (Lipinski definition) is 0. The summed E-state index contributed by atoms with van der Waals surface area (Å²) in [5, 5.41) is 0. The number of likely N-dealkylation sites (tertiary alicyclic amines) is 1. The third kappa shape index (κ3) is 3.58. The number of benzene rings is 1. The van der Waals surface area contributed by atoms with E-state index in [4.69, 9.17) is 4.74 Å². The summed E-state index contributed by atoms with van der Waals surface area (Å²) in [5.41, 5.74) is 2.33. The molecule has 0 bridgehead atoms. The molecular formula is C23H36N2O. The first kappa shape index (κ1) is 18.5. The molecule has 26 heavy (non-hydrogen) atoms. The lowest BCUT2D eigenvalue weighted by molar-refractivity contribution is 0.0379. The molecule has 1 aromatic carbocycles. The molecule has 144 valence electrons. The van der Waals surface area contributed by atoms with Crippen LogP contribution >= 0.6 is 0 Å². The monoisotopic (exact) mass is 356 g/mol. The second-order valence-corrected chi connectivity index (χ2v) is 9.34. The molecule has 4 rings (SSSR count). The Morgan fingerprint density at radius 1 is 1.08 bits per heavy atom. The molecule has 0 N–H and O–H groups in total. The molecule has 1 aliphatic carbocycles. The lowest BCUT2D eigenvalue weighted by Gasteiger charge is -2.49. The van der Waals surface area contributed by atoms with Crippen molar-refractivity contribution in [2.24, 2.45) is 11.3 Å². The maximum Gasteiger partial charge on any atom is 0.0495 e. The third-order valence-electron chi connectivity index (χ3n) is 7.70. The number of nitrogens with zero attached hydrogens (tertiary/aromatic N) is 2. The lowest BCUT2D eigenvalue weighted by Crippen LogP contribution is -2.47. The largest absolute Gasteiger partial charge is 0.381 e. The van der Waals surface area contributed by atoms with E-state index in [0.29, 0.717) is 5.41 Å². The van der Waals surface area contributed by atoms with Crippen LogP contribution in [0.1, 0.15) is 50.5 Å². The van der Waals surface area contributed by atoms with Gasteiger partial charge in [0.25, 0.3) is 0 Å². The van der Waals surface area contributed by atoms with E-state index < -0.39 is 0 Å². The minimum Gasteiger partial charge on any atom is -0.381 e. The summed E-state index contributed by atoms with van der Waals surface area (Å²) < 4.78 is 5.55. The molecule has 3 heteroatoms. The van der Waals surface area contributed by atoms with Crippen molar-refractivity contribution in [3.63, 3.8) is 0 Å². The normalized spacial score (nSPS) is 35.6. The molecule has 0 radical (unpaired) electrons. The second-order valence-electron chi connectivity index (χ2n) is 9.34. The van der Waals surface area contributed by atoms with Crippen LogP contribution in [-0.4, -0.2) is 56.7 Å². The molecule has 3 aliphatic rings. The van der Waals surface area contributed by atoms with E-state index in [9.17, 15) is 0 Å². The summed E-state index contributed by atoms with van der Waals surface area (Å²) in [6.07, 6.45) is 9.38. The molecule has 1 saturated carbocycles. The Kier molecular flexibility index (Phi) is 5.41. The maximum atomic E-state index is 5.55. The summed E-state index contributed by atoms with van der Waals surface area (Å²) in [6.45, 7) is 5.92. The highest BCUT2D eigenvalue weighted by atomic mass is 16.5. The van der Waals surface area contributed by atoms with Crippen LogP contribution in [0.25, 0.3) is 0 Å². The maximum absolute atomic E-state index is 5.55. The fourth-order valence-corrected chi connectivity index (χ4v) is 5.74. The average molecular weight is 357 g/mol. The van der Waals surface area contributed by atoms with Gasteiger partial charge in [-0.3, -0.25) is 4.90 Å². The molecule has 3 nitrogen and oxygen atoms in total. The zero-order valence-corrected chi connectivity index (χ0v) is 16.8. The number of ether oxygens (including phenoxy) is 1. The Morgan fingerprint density at radius 3 is 2.50 bits per heavy atom. The van der Waals surface area contributed by atoms with Crippen molar-refractivity contribution in [3.8, 4) is 0 Å². The smallest absolute Gasteiger partial charge is 0.0495 e. The number of hydrogen-bond acceptors (Lipinski definition) is 3. The Bertz CT molecular complexity index is 571. The first-order valence-corrected chi connectivity index (χ1v) is 10.7. The van der Waals surface area contributed by atoms with Crippen molar-refractivity contribution in [2.75, 3.05) is 46.9 Å². The predicted molar refractivity (Wildman–Crippen MR) is 107 cm³/mol. The Hall–Kier alpha value is -0.900. The summed E-state index contributed by atoms with van der Waals surface area (Å²) in [7, 11) is 4.55. The van der Waals surface area contributed by atoms with Gasteiger partial charge in [0.1, 0.15) is 0 Å². The van der Waals surface area contributed by atoms with Crippen LogP contribution in [0.4, 0.5) is 0 Å². The highest BCUT2D eigenvalue weighted by Gasteiger charge is 2.47. The van der Waals surface area contributed by atoms with E-state index in [1.807, 2.05) is 0 Å². The predicted octanol–water partition coefficient (Wildman–Crippen LogP) is 4.14. The average Bonchev–Trinajstić information content (AvgIpc) is 3.32. The molecule has 0 aromatic heterocycles. The molecule has 3 fully saturated rings. The van der Waals surface area contributed by atoms with Crippen molar-refractivity contribution >= 4 is 0 Å². The highest BCUT2D eigenvalue weighted by molar-refractivity contribution is 5.26. The number of rotatable bonds is 5. The fourth-order valence-electron chi connectivity index (χ4n) is 5.74. The fraction of sp³-hybridized carbons (Fsp3) is 0.739. The van der Waals surface area contributed by atoms with Gasteiger partial charge in [0.2, 0.25) is 0 Å². The first-order chi connectivity index (χ1) is 12.6. The molecule has 1 atom stereocenters. The highest BCUT2D eigenvalue weighted by Crippen LogP contribution is 2.51. The van der Waals surface area contributed by atoms with E-state index in [1.54, 1.807) is 0 Å². The van der Waals surface area contributed by atoms with E-state index in [-0.39, 0.29) is 5.54 Å². The van der Waals surface area contributed by atoms with Crippen LogP contribution in [-0.2, 0) is 10.3 Å². The van der Waals surface area contributed by atoms with Crippen molar-refractivity contribution in [3.05, 3.63) is 35.9 Å². The summed E-state index contributed by atoms with van der Waals surface area (Å²) in [5.74, 6) is 0.817. The van der Waals surface area contributed by atoms with Gasteiger partial charge in [-0.1, -0.05) is 30.3 Å². The van der Waals surface area contributed by atoms with Crippen LogP contribution in [0, 0.1) is 11.3 Å². The first-order valence-electron chi connectivity index (χ1n) is 10.7. The van der Waals surface area contributed by atoms with Crippen LogP contribution < -0.4 is 0 Å². The van der Waals surface area contributed by atoms with Gasteiger partial charge >= 0.3 is 0 Å². The van der Waals surface area contributed by atoms with Gasteiger partial charge in [0.15, 0.2) is 0 Å². The summed E-state index contributed by atoms with van der Waals surface area (Å²) >= 11 is 0. The molecule has 1 aromatic rings. The molecular weight excluding hydrogens is 320 g/mol. The minimum atomic E-state index is 0.237. The van der Waals surface area contributed by atoms with Crippen molar-refractivity contribution in [1.82, 2.24) is 9.80 Å². The Balaban J connectivity index is 1.36. The van der Waals surface area contributed by atoms with Gasteiger partial charge < -0.3 is 9.64 Å². The van der Waals surface area contributed by atoms with Crippen molar-refractivity contribution < 1.29 is 4.74 Å². The minimum absolute atomic E-state index is 0.237. The molecule has 2 heterocycles. The zero-order valence-electron chi connectivity index (χ0n) is 16.8. The van der Waals surface area contributed by atoms with E-state index in [1.165, 1.54) is 70.1 Å². The van der Waals surface area contributed by atoms with Crippen LogP contribution in [0.5, 0.6) is 0 Å². The van der Waals surface area contributed by atoms with Crippen LogP contribution in [0.3, 0.4) is 0 Å². The van der Waals surface area contributed by atoms with E-state index >= 15 is 0 Å². The van der Waals surface area contributed by atoms with Crippen molar-refractivity contribution in [1.29, 1.82) is 0 Å². The van der Waals surface area contributed by atoms with Gasteiger partial charge in [-0.2, -0.15) is 0 Å². The summed E-state index contributed by atoms with van der Waals surface area (Å²) in [6, 6.07) is 11.2. The Morgan fingerprint density at radius 2 is 1.85 bits per heavy atom. The van der Waals surface area contributed by atoms with Crippen LogP contribution in [0.2, 0.25) is 0 Å². The topological polar surface area (TPSA) is 15.7 Å². The van der Waals surface area contributed by atoms with Gasteiger partial charge in [-0.25, -0.2) is 0 Å². The van der Waals surface area contributed by atoms with Crippen LogP contribution in [0.15, 0.2) is 30.3 Å².